The van der Waals surface area contributed by atoms with Crippen molar-refractivity contribution in [1.82, 2.24) is 14.6 Å². The van der Waals surface area contributed by atoms with Crippen LogP contribution in [0.3, 0.4) is 0 Å². The van der Waals surface area contributed by atoms with Crippen molar-refractivity contribution in [1.29, 1.82) is 0 Å². The molecule has 17 heavy (non-hydrogen) atoms. The van der Waals surface area contributed by atoms with E-state index in [1.165, 1.54) is 12.3 Å². The van der Waals surface area contributed by atoms with Crippen LogP contribution in [-0.2, 0) is 4.74 Å². The van der Waals surface area contributed by atoms with Crippen molar-refractivity contribution in [3.05, 3.63) is 29.7 Å². The Morgan fingerprint density at radius 3 is 3.06 bits per heavy atom. The smallest absolute Gasteiger partial charge is 0.337 e. The molecular formula is C11H11N3O3. The third-order valence-electron chi connectivity index (χ3n) is 2.89. The number of carboxylic acids is 1. The van der Waals surface area contributed by atoms with Gasteiger partial charge < -0.3 is 9.84 Å². The van der Waals surface area contributed by atoms with E-state index in [9.17, 15) is 4.79 Å². The maximum Gasteiger partial charge on any atom is 0.337 e. The molecule has 2 aromatic rings. The summed E-state index contributed by atoms with van der Waals surface area (Å²) in [6.07, 6.45) is 3.36. The lowest BCUT2D eigenvalue weighted by Crippen LogP contribution is -2.05. The van der Waals surface area contributed by atoms with Crippen LogP contribution in [0, 0.1) is 0 Å². The Morgan fingerprint density at radius 2 is 2.35 bits per heavy atom. The van der Waals surface area contributed by atoms with Crippen LogP contribution < -0.4 is 0 Å². The van der Waals surface area contributed by atoms with E-state index in [4.69, 9.17) is 9.84 Å². The van der Waals surface area contributed by atoms with Crippen molar-refractivity contribution in [2.75, 3.05) is 6.61 Å². The fourth-order valence-corrected chi connectivity index (χ4v) is 2.04. The summed E-state index contributed by atoms with van der Waals surface area (Å²) in [5.74, 6) is -0.278. The summed E-state index contributed by atoms with van der Waals surface area (Å²) in [4.78, 5) is 10.9. The van der Waals surface area contributed by atoms with E-state index >= 15 is 0 Å². The molecule has 0 saturated carbocycles. The van der Waals surface area contributed by atoms with Gasteiger partial charge in [0.05, 0.1) is 5.56 Å². The number of ether oxygens (including phenoxy) is 1. The third kappa shape index (κ3) is 1.66. The highest BCUT2D eigenvalue weighted by Crippen LogP contribution is 2.27. The molecule has 3 rings (SSSR count). The number of aromatic carboxylic acids is 1. The normalized spacial score (nSPS) is 19.9. The van der Waals surface area contributed by atoms with Gasteiger partial charge >= 0.3 is 5.97 Å². The molecule has 6 nitrogen and oxygen atoms in total. The average molecular weight is 233 g/mol. The number of pyridine rings is 1. The summed E-state index contributed by atoms with van der Waals surface area (Å²) in [5, 5.41) is 17.0. The minimum Gasteiger partial charge on any atom is -0.478 e. The second-order valence-electron chi connectivity index (χ2n) is 4.01. The summed E-state index contributed by atoms with van der Waals surface area (Å²) in [6.45, 7) is 0.720. The number of hydrogen-bond acceptors (Lipinski definition) is 4. The number of hydrogen-bond donors (Lipinski definition) is 1. The maximum absolute atomic E-state index is 10.9. The molecule has 1 fully saturated rings. The zero-order valence-corrected chi connectivity index (χ0v) is 9.04. The number of fused-ring (bicyclic) bond motifs is 1. The summed E-state index contributed by atoms with van der Waals surface area (Å²) < 4.78 is 7.23. The number of carbonyl (C=O) groups is 1. The van der Waals surface area contributed by atoms with E-state index in [0.29, 0.717) is 11.5 Å². The molecule has 1 atom stereocenters. The molecule has 88 valence electrons. The molecule has 0 radical (unpaired) electrons. The van der Waals surface area contributed by atoms with Gasteiger partial charge in [-0.25, -0.2) is 4.79 Å². The number of nitrogens with zero attached hydrogens (tertiary/aromatic N) is 3. The highest BCUT2D eigenvalue weighted by molar-refractivity contribution is 5.87. The van der Waals surface area contributed by atoms with Crippen LogP contribution in [0.4, 0.5) is 0 Å². The van der Waals surface area contributed by atoms with Gasteiger partial charge in [0.15, 0.2) is 11.5 Å². The van der Waals surface area contributed by atoms with E-state index < -0.39 is 5.97 Å². The zero-order chi connectivity index (χ0) is 11.8. The lowest BCUT2D eigenvalue weighted by molar-refractivity contribution is 0.0696. The first-order chi connectivity index (χ1) is 8.25. The minimum atomic E-state index is -0.959. The summed E-state index contributed by atoms with van der Waals surface area (Å²) in [5.41, 5.74) is 0.858. The second kappa shape index (κ2) is 3.81. The Morgan fingerprint density at radius 1 is 1.47 bits per heavy atom. The Hall–Kier alpha value is -1.95. The quantitative estimate of drug-likeness (QED) is 0.845. The van der Waals surface area contributed by atoms with Gasteiger partial charge in [0.2, 0.25) is 0 Å². The summed E-state index contributed by atoms with van der Waals surface area (Å²) in [6, 6.07) is 3.17. The van der Waals surface area contributed by atoms with Crippen LogP contribution in [0.15, 0.2) is 18.3 Å². The van der Waals surface area contributed by atoms with Crippen molar-refractivity contribution in [3.63, 3.8) is 0 Å². The molecule has 0 spiro atoms. The Balaban J connectivity index is 2.11. The highest BCUT2D eigenvalue weighted by Gasteiger charge is 2.23. The third-order valence-corrected chi connectivity index (χ3v) is 2.89. The van der Waals surface area contributed by atoms with E-state index in [2.05, 4.69) is 10.2 Å². The van der Waals surface area contributed by atoms with Crippen molar-refractivity contribution < 1.29 is 14.6 Å². The number of rotatable bonds is 2. The molecule has 0 aliphatic carbocycles. The average Bonchev–Trinajstić information content (AvgIpc) is 2.96. The molecule has 0 amide bonds. The topological polar surface area (TPSA) is 76.7 Å². The summed E-state index contributed by atoms with van der Waals surface area (Å²) in [7, 11) is 0. The first kappa shape index (κ1) is 10.2. The van der Waals surface area contributed by atoms with E-state index in [-0.39, 0.29) is 11.7 Å². The predicted octanol–water partition coefficient (Wildman–Crippen LogP) is 1.28. The highest BCUT2D eigenvalue weighted by atomic mass is 16.5. The number of aromatic nitrogens is 3. The van der Waals surface area contributed by atoms with E-state index in [1.807, 2.05) is 0 Å². The molecule has 1 saturated heterocycles. The molecular weight excluding hydrogens is 222 g/mol. The van der Waals surface area contributed by atoms with Gasteiger partial charge in [0.1, 0.15) is 6.10 Å². The van der Waals surface area contributed by atoms with Crippen LogP contribution >= 0.6 is 0 Å². The first-order valence-electron chi connectivity index (χ1n) is 5.45. The van der Waals surface area contributed by atoms with Gasteiger partial charge in [0, 0.05) is 12.8 Å². The molecule has 6 heteroatoms. The van der Waals surface area contributed by atoms with Crippen molar-refractivity contribution in [2.24, 2.45) is 0 Å². The van der Waals surface area contributed by atoms with Crippen LogP contribution in [0.1, 0.15) is 35.1 Å². The molecule has 1 aliphatic heterocycles. The minimum absolute atomic E-state index is 0.0750. The lowest BCUT2D eigenvalue weighted by atomic mass is 10.2. The molecule has 1 aliphatic rings. The first-order valence-corrected chi connectivity index (χ1v) is 5.45. The summed E-state index contributed by atoms with van der Waals surface area (Å²) >= 11 is 0. The lowest BCUT2D eigenvalue weighted by Gasteiger charge is -2.07. The van der Waals surface area contributed by atoms with Gasteiger partial charge in [-0.15, -0.1) is 10.2 Å². The largest absolute Gasteiger partial charge is 0.478 e. The molecule has 1 unspecified atom stereocenters. The Labute approximate surface area is 96.8 Å². The number of carboxylic acid groups (broad SMARTS) is 1. The molecule has 3 heterocycles. The molecule has 0 bridgehead atoms. The monoisotopic (exact) mass is 233 g/mol. The fourth-order valence-electron chi connectivity index (χ4n) is 2.04. The zero-order valence-electron chi connectivity index (χ0n) is 9.04. The van der Waals surface area contributed by atoms with Gasteiger partial charge in [-0.05, 0) is 25.0 Å². The molecule has 0 aromatic carbocycles. The van der Waals surface area contributed by atoms with Gasteiger partial charge in [0.25, 0.3) is 0 Å². The van der Waals surface area contributed by atoms with E-state index in [0.717, 1.165) is 19.4 Å². The van der Waals surface area contributed by atoms with Crippen LogP contribution in [0.25, 0.3) is 5.65 Å². The SMILES string of the molecule is O=C(O)c1ccc2nnc(C3CCCO3)n2c1. The Kier molecular flexibility index (Phi) is 2.29. The fraction of sp³-hybridized carbons (Fsp3) is 0.364. The van der Waals surface area contributed by atoms with Crippen molar-refractivity contribution in [2.45, 2.75) is 18.9 Å². The van der Waals surface area contributed by atoms with E-state index in [1.54, 1.807) is 10.5 Å². The van der Waals surface area contributed by atoms with Crippen molar-refractivity contribution >= 4 is 11.6 Å². The molecule has 2 aromatic heterocycles. The van der Waals surface area contributed by atoms with Gasteiger partial charge in [-0.2, -0.15) is 0 Å². The van der Waals surface area contributed by atoms with Crippen LogP contribution in [0.5, 0.6) is 0 Å². The predicted molar refractivity (Wildman–Crippen MR) is 57.9 cm³/mol. The maximum atomic E-state index is 10.9. The van der Waals surface area contributed by atoms with Crippen molar-refractivity contribution in [3.8, 4) is 0 Å². The van der Waals surface area contributed by atoms with Crippen LogP contribution in [0.2, 0.25) is 0 Å². The molecule has 1 N–H and O–H groups in total. The van der Waals surface area contributed by atoms with Crippen LogP contribution in [-0.4, -0.2) is 32.3 Å². The second-order valence-corrected chi connectivity index (χ2v) is 4.01. The van der Waals surface area contributed by atoms with Gasteiger partial charge in [-0.3, -0.25) is 4.40 Å². The van der Waals surface area contributed by atoms with Gasteiger partial charge in [-0.1, -0.05) is 0 Å². The Bertz CT molecular complexity index is 572. The standard InChI is InChI=1S/C11H11N3O3/c15-11(16)7-3-4-9-12-13-10(14(9)6-7)8-2-1-5-17-8/h3-4,6,8H,1-2,5H2,(H,15,16).